The van der Waals surface area contributed by atoms with Crippen LogP contribution >= 0.6 is 0 Å². The first-order chi connectivity index (χ1) is 26.6. The van der Waals surface area contributed by atoms with Crippen molar-refractivity contribution in [3.8, 4) is 11.4 Å². The fraction of sp³-hybridized carbons (Fsp3) is 0.106. The third-order valence-corrected chi connectivity index (χ3v) is 10.5. The number of hydrogen-bond acceptors (Lipinski definition) is 6. The highest BCUT2D eigenvalue weighted by atomic mass is 16.3. The molecule has 0 amide bonds. The lowest BCUT2D eigenvalue weighted by Crippen LogP contribution is -2.54. The minimum Gasteiger partial charge on any atom is -0.392 e. The maximum atomic E-state index is 11.4. The summed E-state index contributed by atoms with van der Waals surface area (Å²) >= 11 is 0. The molecule has 0 radical (unpaired) electrons. The number of H-pyrrole nitrogens is 1. The molecule has 264 valence electrons. The van der Waals surface area contributed by atoms with E-state index >= 15 is 0 Å². The minimum absolute atomic E-state index is 0.393. The second-order valence-corrected chi connectivity index (χ2v) is 13.8. The lowest BCUT2D eigenvalue weighted by Gasteiger charge is -2.46. The number of aliphatic imine (C=N–C) groups is 1. The third kappa shape index (κ3) is 6.30. The molecule has 2 unspecified atom stereocenters. The molecule has 1 saturated carbocycles. The van der Waals surface area contributed by atoms with Gasteiger partial charge in [-0.05, 0) is 96.1 Å². The molecular formula is C47H39N5O2. The number of anilines is 6. The zero-order valence-corrected chi connectivity index (χ0v) is 29.5. The SMILES string of the molecule is OC1C(C2=CN=C(c3ccc(N(c4ccccc4)c4ccccc4)cc3)C2)C(O)C1c1cnc(-c2ccc(N(c3ccccc3)c3ccccc3)cc2)[nH]1. The smallest absolute Gasteiger partial charge is 0.137 e. The Hall–Kier alpha value is -6.54. The Labute approximate surface area is 314 Å². The highest BCUT2D eigenvalue weighted by molar-refractivity contribution is 6.04. The average molecular weight is 706 g/mol. The van der Waals surface area contributed by atoms with Crippen LogP contribution in [0.2, 0.25) is 0 Å². The summed E-state index contributed by atoms with van der Waals surface area (Å²) in [5, 5.41) is 22.8. The van der Waals surface area contributed by atoms with Crippen LogP contribution in [0.5, 0.6) is 0 Å². The van der Waals surface area contributed by atoms with Crippen molar-refractivity contribution in [3.05, 3.63) is 199 Å². The van der Waals surface area contributed by atoms with Crippen LogP contribution in [0.25, 0.3) is 11.4 Å². The molecule has 0 bridgehead atoms. The zero-order valence-electron chi connectivity index (χ0n) is 29.5. The third-order valence-electron chi connectivity index (χ3n) is 10.5. The number of aliphatic hydroxyl groups is 2. The zero-order chi connectivity index (χ0) is 36.4. The molecule has 7 heteroatoms. The van der Waals surface area contributed by atoms with Crippen molar-refractivity contribution in [2.75, 3.05) is 9.80 Å². The van der Waals surface area contributed by atoms with E-state index in [1.54, 1.807) is 6.20 Å². The Balaban J connectivity index is 0.865. The lowest BCUT2D eigenvalue weighted by atomic mass is 9.64. The summed E-state index contributed by atoms with van der Waals surface area (Å²) in [6, 6.07) is 57.9. The van der Waals surface area contributed by atoms with E-state index in [9.17, 15) is 10.2 Å². The highest BCUT2D eigenvalue weighted by Gasteiger charge is 2.52. The maximum Gasteiger partial charge on any atom is 0.137 e. The quantitative estimate of drug-likeness (QED) is 0.132. The fourth-order valence-electron chi connectivity index (χ4n) is 7.76. The molecule has 2 heterocycles. The highest BCUT2D eigenvalue weighted by Crippen LogP contribution is 2.48. The van der Waals surface area contributed by atoms with Gasteiger partial charge in [0, 0.05) is 70.1 Å². The summed E-state index contributed by atoms with van der Waals surface area (Å²) in [7, 11) is 0. The molecule has 7 nitrogen and oxygen atoms in total. The van der Waals surface area contributed by atoms with E-state index in [1.807, 2.05) is 91.1 Å². The minimum atomic E-state index is -0.755. The van der Waals surface area contributed by atoms with Crippen molar-refractivity contribution in [1.29, 1.82) is 0 Å². The molecule has 1 aromatic heterocycles. The van der Waals surface area contributed by atoms with Crippen molar-refractivity contribution < 1.29 is 10.2 Å². The van der Waals surface area contributed by atoms with E-state index in [0.29, 0.717) is 12.2 Å². The normalized spacial score (nSPS) is 19.1. The molecule has 9 rings (SSSR count). The van der Waals surface area contributed by atoms with Crippen LogP contribution in [-0.4, -0.2) is 38.1 Å². The summed E-state index contributed by atoms with van der Waals surface area (Å²) in [6.07, 6.45) is 2.63. The number of nitrogens with one attached hydrogen (secondary N) is 1. The van der Waals surface area contributed by atoms with Gasteiger partial charge in [-0.15, -0.1) is 0 Å². The fourth-order valence-corrected chi connectivity index (χ4v) is 7.76. The van der Waals surface area contributed by atoms with Gasteiger partial charge in [-0.25, -0.2) is 4.98 Å². The molecular weight excluding hydrogens is 667 g/mol. The predicted octanol–water partition coefficient (Wildman–Crippen LogP) is 10.2. The summed E-state index contributed by atoms with van der Waals surface area (Å²) < 4.78 is 0. The monoisotopic (exact) mass is 705 g/mol. The Morgan fingerprint density at radius 1 is 0.481 bits per heavy atom. The molecule has 6 aromatic carbocycles. The molecule has 1 fully saturated rings. The van der Waals surface area contributed by atoms with Gasteiger partial charge in [-0.1, -0.05) is 84.9 Å². The second-order valence-electron chi connectivity index (χ2n) is 13.8. The summed E-state index contributed by atoms with van der Waals surface area (Å²) in [6.45, 7) is 0. The summed E-state index contributed by atoms with van der Waals surface area (Å²) in [5.74, 6) is -0.166. The topological polar surface area (TPSA) is 88.0 Å². The number of benzene rings is 6. The van der Waals surface area contributed by atoms with E-state index in [-0.39, 0.29) is 0 Å². The van der Waals surface area contributed by atoms with E-state index < -0.39 is 24.0 Å². The number of para-hydroxylation sites is 4. The van der Waals surface area contributed by atoms with Gasteiger partial charge >= 0.3 is 0 Å². The van der Waals surface area contributed by atoms with Crippen LogP contribution < -0.4 is 9.80 Å². The molecule has 7 aromatic rings. The van der Waals surface area contributed by atoms with Crippen molar-refractivity contribution >= 4 is 39.8 Å². The molecule has 1 aliphatic heterocycles. The average Bonchev–Trinajstić information content (AvgIpc) is 3.91. The van der Waals surface area contributed by atoms with Gasteiger partial charge in [0.1, 0.15) is 5.82 Å². The Kier molecular flexibility index (Phi) is 8.92. The van der Waals surface area contributed by atoms with E-state index in [4.69, 9.17) is 4.99 Å². The second kappa shape index (κ2) is 14.5. The van der Waals surface area contributed by atoms with Crippen molar-refractivity contribution in [2.45, 2.75) is 24.5 Å². The van der Waals surface area contributed by atoms with Crippen LogP contribution in [0.1, 0.15) is 23.6 Å². The molecule has 0 saturated heterocycles. The Bertz CT molecular complexity index is 2310. The Morgan fingerprint density at radius 2 is 0.889 bits per heavy atom. The number of hydrogen-bond donors (Lipinski definition) is 3. The van der Waals surface area contributed by atoms with Gasteiger partial charge in [0.05, 0.1) is 23.8 Å². The summed E-state index contributed by atoms with van der Waals surface area (Å²) in [5.41, 5.74) is 10.9. The van der Waals surface area contributed by atoms with E-state index in [0.717, 1.165) is 62.2 Å². The van der Waals surface area contributed by atoms with Crippen LogP contribution in [0, 0.1) is 5.92 Å². The molecule has 2 atom stereocenters. The molecule has 3 N–H and O–H groups in total. The lowest BCUT2D eigenvalue weighted by molar-refractivity contribution is -0.101. The largest absolute Gasteiger partial charge is 0.392 e. The molecule has 54 heavy (non-hydrogen) atoms. The van der Waals surface area contributed by atoms with Crippen LogP contribution in [0.3, 0.4) is 0 Å². The van der Waals surface area contributed by atoms with Crippen LogP contribution in [0.15, 0.2) is 193 Å². The first-order valence-corrected chi connectivity index (χ1v) is 18.3. The van der Waals surface area contributed by atoms with Crippen LogP contribution in [-0.2, 0) is 0 Å². The van der Waals surface area contributed by atoms with Gasteiger partial charge in [0.25, 0.3) is 0 Å². The molecule has 1 aliphatic carbocycles. The van der Waals surface area contributed by atoms with Crippen LogP contribution in [0.4, 0.5) is 34.1 Å². The molecule has 0 spiro atoms. The number of aliphatic hydroxyl groups excluding tert-OH is 2. The Morgan fingerprint density at radius 3 is 1.33 bits per heavy atom. The number of rotatable bonds is 10. The maximum absolute atomic E-state index is 11.4. The van der Waals surface area contributed by atoms with Crippen molar-refractivity contribution in [3.63, 3.8) is 0 Å². The summed E-state index contributed by atoms with van der Waals surface area (Å²) in [4.78, 5) is 17.2. The first-order valence-electron chi connectivity index (χ1n) is 18.3. The predicted molar refractivity (Wildman–Crippen MR) is 217 cm³/mol. The van der Waals surface area contributed by atoms with Gasteiger partial charge < -0.3 is 25.0 Å². The van der Waals surface area contributed by atoms with Gasteiger partial charge in [-0.3, -0.25) is 4.99 Å². The van der Waals surface area contributed by atoms with Gasteiger partial charge in [0.15, 0.2) is 0 Å². The standard InChI is InChI=1S/C47H39N5O2/c53-45-43(34-29-41(48-30-34)32-21-25-39(26-22-32)51(35-13-5-1-6-14-35)36-15-7-2-8-16-36)46(54)44(45)42-31-49-47(50-42)33-23-27-40(28-24-33)52(37-17-9-3-10-18-37)38-19-11-4-12-20-38/h1-28,30-31,43-46,53-54H,29H2,(H,49,50). The number of imidazole rings is 1. The first kappa shape index (κ1) is 33.3. The number of nitrogens with zero attached hydrogens (tertiary/aromatic N) is 4. The van der Waals surface area contributed by atoms with Gasteiger partial charge in [0.2, 0.25) is 0 Å². The van der Waals surface area contributed by atoms with Gasteiger partial charge in [-0.2, -0.15) is 0 Å². The number of aromatic nitrogens is 2. The van der Waals surface area contributed by atoms with E-state index in [1.165, 1.54) is 0 Å². The van der Waals surface area contributed by atoms with Crippen molar-refractivity contribution in [2.24, 2.45) is 10.9 Å². The number of aromatic amines is 1. The van der Waals surface area contributed by atoms with E-state index in [2.05, 4.69) is 105 Å². The molecule has 2 aliphatic rings. The van der Waals surface area contributed by atoms with Crippen molar-refractivity contribution in [1.82, 2.24) is 9.97 Å².